The van der Waals surface area contributed by atoms with Gasteiger partial charge in [-0.2, -0.15) is 0 Å². The van der Waals surface area contributed by atoms with Crippen LogP contribution in [-0.2, 0) is 9.59 Å². The first-order valence-corrected chi connectivity index (χ1v) is 6.60. The molecular weight excluding hydrogens is 232 g/mol. The number of aliphatic carboxylic acids is 2. The second kappa shape index (κ2) is 4.56. The van der Waals surface area contributed by atoms with Gasteiger partial charge in [0.05, 0.1) is 12.8 Å². The zero-order chi connectivity index (χ0) is 13.4. The quantitative estimate of drug-likeness (QED) is 0.807. The fourth-order valence-electron chi connectivity index (χ4n) is 4.54. The van der Waals surface area contributed by atoms with Crippen molar-refractivity contribution >= 4 is 11.9 Å². The lowest BCUT2D eigenvalue weighted by atomic mass is 9.51. The first-order valence-electron chi connectivity index (χ1n) is 6.60. The van der Waals surface area contributed by atoms with E-state index in [0.29, 0.717) is 5.92 Å². The third-order valence-corrected chi connectivity index (χ3v) is 4.52. The van der Waals surface area contributed by atoms with Crippen molar-refractivity contribution in [3.8, 4) is 0 Å². The van der Waals surface area contributed by atoms with Gasteiger partial charge in [0.25, 0.3) is 0 Å². The minimum atomic E-state index is -0.761. The molecule has 0 aromatic carbocycles. The lowest BCUT2D eigenvalue weighted by molar-refractivity contribution is -0.146. The minimum absolute atomic E-state index is 0.176. The number of rotatable bonds is 4. The highest BCUT2D eigenvalue weighted by Crippen LogP contribution is 2.59. The Balaban J connectivity index is 2.22. The van der Waals surface area contributed by atoms with E-state index in [1.807, 2.05) is 0 Å². The maximum atomic E-state index is 11.1. The number of carbonyl (C=O) groups is 2. The van der Waals surface area contributed by atoms with Gasteiger partial charge < -0.3 is 10.2 Å². The van der Waals surface area contributed by atoms with Gasteiger partial charge in [0.15, 0.2) is 0 Å². The van der Waals surface area contributed by atoms with Gasteiger partial charge in [-0.3, -0.25) is 9.59 Å². The Hall–Kier alpha value is -1.06. The van der Waals surface area contributed by atoms with Crippen molar-refractivity contribution in [3.05, 3.63) is 6.42 Å². The molecule has 4 nitrogen and oxygen atoms in total. The number of hydrogen-bond donors (Lipinski definition) is 2. The summed E-state index contributed by atoms with van der Waals surface area (Å²) in [5, 5.41) is 18.2. The lowest BCUT2D eigenvalue weighted by Crippen LogP contribution is -2.45. The molecule has 2 N–H and O–H groups in total. The van der Waals surface area contributed by atoms with Crippen molar-refractivity contribution < 1.29 is 19.8 Å². The summed E-state index contributed by atoms with van der Waals surface area (Å²) in [5.41, 5.74) is -0.394. The van der Waals surface area contributed by atoms with Gasteiger partial charge in [0.1, 0.15) is 0 Å². The number of fused-ring (bicyclic) bond motifs is 2. The molecule has 18 heavy (non-hydrogen) atoms. The average Bonchev–Trinajstić information content (AvgIpc) is 2.11. The fourth-order valence-corrected chi connectivity index (χ4v) is 4.54. The molecule has 0 aromatic heterocycles. The highest BCUT2D eigenvalue weighted by Gasteiger charge is 2.51. The maximum absolute atomic E-state index is 11.1. The zero-order valence-electron chi connectivity index (χ0n) is 10.8. The van der Waals surface area contributed by atoms with Crippen LogP contribution in [0.3, 0.4) is 0 Å². The summed E-state index contributed by atoms with van der Waals surface area (Å²) in [7, 11) is 0. The van der Waals surface area contributed by atoms with E-state index in [-0.39, 0.29) is 23.7 Å². The van der Waals surface area contributed by atoms with E-state index < -0.39 is 11.9 Å². The van der Waals surface area contributed by atoms with Crippen LogP contribution in [0.25, 0.3) is 0 Å². The topological polar surface area (TPSA) is 74.6 Å². The molecule has 101 valence electrons. The number of hydrogen-bond acceptors (Lipinski definition) is 2. The Morgan fingerprint density at radius 1 is 1.11 bits per heavy atom. The zero-order valence-corrected chi connectivity index (χ0v) is 10.8. The van der Waals surface area contributed by atoms with E-state index in [0.717, 1.165) is 32.1 Å². The van der Waals surface area contributed by atoms with Crippen molar-refractivity contribution in [1.82, 2.24) is 0 Å². The van der Waals surface area contributed by atoms with Gasteiger partial charge in [0, 0.05) is 0 Å². The first kappa shape index (κ1) is 13.4. The molecule has 0 amide bonds. The van der Waals surface area contributed by atoms with E-state index in [2.05, 4.69) is 13.3 Å². The molecule has 2 aliphatic rings. The van der Waals surface area contributed by atoms with Gasteiger partial charge in [-0.05, 0) is 55.3 Å². The van der Waals surface area contributed by atoms with E-state index in [1.54, 1.807) is 0 Å². The SMILES string of the molecule is CC1C[C@@]2(CC(=O)O)C[CH]C[C@@](CC(=O)O)(C1)C2. The van der Waals surface area contributed by atoms with Gasteiger partial charge >= 0.3 is 11.9 Å². The smallest absolute Gasteiger partial charge is 0.303 e. The molecule has 2 aliphatic carbocycles. The molecule has 2 rings (SSSR count). The van der Waals surface area contributed by atoms with E-state index in [4.69, 9.17) is 10.2 Å². The van der Waals surface area contributed by atoms with Crippen LogP contribution in [0, 0.1) is 23.2 Å². The van der Waals surface area contributed by atoms with Crippen LogP contribution in [-0.4, -0.2) is 22.2 Å². The van der Waals surface area contributed by atoms with Crippen LogP contribution in [0.15, 0.2) is 0 Å². The highest BCUT2D eigenvalue weighted by atomic mass is 16.4. The Morgan fingerprint density at radius 3 is 1.94 bits per heavy atom. The summed E-state index contributed by atoms with van der Waals surface area (Å²) in [6, 6.07) is 0. The number of carboxylic acid groups (broad SMARTS) is 2. The molecule has 1 unspecified atom stereocenters. The Bertz CT molecular complexity index is 333. The monoisotopic (exact) mass is 253 g/mol. The van der Waals surface area contributed by atoms with Gasteiger partial charge in [-0.25, -0.2) is 0 Å². The standard InChI is InChI=1S/C14H21O4/c1-10-5-13(7-11(15)16)3-2-4-14(6-10,9-13)8-12(17)18/h2,10H,3-9H2,1H3,(H,15,16)(H,17,18)/t10?,13-,14+. The van der Waals surface area contributed by atoms with Crippen LogP contribution in [0.5, 0.6) is 0 Å². The predicted octanol–water partition coefficient (Wildman–Crippen LogP) is 2.73. The van der Waals surface area contributed by atoms with E-state index in [1.165, 1.54) is 0 Å². The summed E-state index contributed by atoms with van der Waals surface area (Å²) >= 11 is 0. The second-order valence-electron chi connectivity index (χ2n) is 6.53. The van der Waals surface area contributed by atoms with Crippen LogP contribution in [0.1, 0.15) is 51.9 Å². The molecule has 0 saturated heterocycles. The normalized spacial score (nSPS) is 39.3. The molecule has 0 aliphatic heterocycles. The van der Waals surface area contributed by atoms with E-state index >= 15 is 0 Å². The van der Waals surface area contributed by atoms with Gasteiger partial charge in [-0.15, -0.1) is 0 Å². The van der Waals surface area contributed by atoms with Crippen LogP contribution in [0.4, 0.5) is 0 Å². The summed E-state index contributed by atoms with van der Waals surface area (Å²) < 4.78 is 0. The third kappa shape index (κ3) is 2.68. The Morgan fingerprint density at radius 2 is 1.56 bits per heavy atom. The highest BCUT2D eigenvalue weighted by molar-refractivity contribution is 5.69. The summed E-state index contributed by atoms with van der Waals surface area (Å²) in [4.78, 5) is 22.1. The first-order chi connectivity index (χ1) is 8.35. The van der Waals surface area contributed by atoms with Crippen molar-refractivity contribution in [3.63, 3.8) is 0 Å². The van der Waals surface area contributed by atoms with E-state index in [9.17, 15) is 9.59 Å². The molecule has 3 atom stereocenters. The molecular formula is C14H21O4. The largest absolute Gasteiger partial charge is 0.481 e. The van der Waals surface area contributed by atoms with Crippen LogP contribution < -0.4 is 0 Å². The fraction of sp³-hybridized carbons (Fsp3) is 0.786. The lowest BCUT2D eigenvalue weighted by Gasteiger charge is -2.53. The van der Waals surface area contributed by atoms with Gasteiger partial charge in [-0.1, -0.05) is 6.92 Å². The minimum Gasteiger partial charge on any atom is -0.481 e. The molecule has 0 spiro atoms. The summed E-state index contributed by atoms with van der Waals surface area (Å²) in [6.45, 7) is 2.12. The molecule has 2 bridgehead atoms. The van der Waals surface area contributed by atoms with Crippen molar-refractivity contribution in [2.45, 2.75) is 51.9 Å². The Labute approximate surface area is 107 Å². The van der Waals surface area contributed by atoms with Crippen LogP contribution in [0.2, 0.25) is 0 Å². The predicted molar refractivity (Wildman–Crippen MR) is 65.9 cm³/mol. The maximum Gasteiger partial charge on any atom is 0.303 e. The average molecular weight is 253 g/mol. The van der Waals surface area contributed by atoms with Gasteiger partial charge in [0.2, 0.25) is 0 Å². The van der Waals surface area contributed by atoms with Crippen molar-refractivity contribution in [2.24, 2.45) is 16.7 Å². The van der Waals surface area contributed by atoms with Crippen molar-refractivity contribution in [2.75, 3.05) is 0 Å². The number of carboxylic acids is 2. The molecule has 0 heterocycles. The third-order valence-electron chi connectivity index (χ3n) is 4.52. The summed E-state index contributed by atoms with van der Waals surface area (Å²) in [6.07, 6.45) is 6.72. The molecule has 1 radical (unpaired) electrons. The molecule has 4 heteroatoms. The molecule has 0 aromatic rings. The molecule has 2 saturated carbocycles. The summed E-state index contributed by atoms with van der Waals surface area (Å²) in [5.74, 6) is -1.10. The van der Waals surface area contributed by atoms with Crippen molar-refractivity contribution in [1.29, 1.82) is 0 Å². The Kier molecular flexibility index (Phi) is 3.39. The second-order valence-corrected chi connectivity index (χ2v) is 6.53. The molecule has 2 fully saturated rings. The van der Waals surface area contributed by atoms with Crippen LogP contribution >= 0.6 is 0 Å².